The molecular formula is C15H23N3O2. The molecule has 2 heterocycles. The minimum atomic E-state index is -0.124. The molecule has 1 aromatic rings. The third kappa shape index (κ3) is 3.70. The lowest BCUT2D eigenvalue weighted by atomic mass is 10.2. The molecule has 0 spiro atoms. The van der Waals surface area contributed by atoms with Gasteiger partial charge in [-0.05, 0) is 43.5 Å². The van der Waals surface area contributed by atoms with Gasteiger partial charge in [-0.25, -0.2) is 4.98 Å². The first-order valence-electron chi connectivity index (χ1n) is 7.25. The number of pyridine rings is 1. The van der Waals surface area contributed by atoms with E-state index in [4.69, 9.17) is 4.74 Å². The monoisotopic (exact) mass is 277 g/mol. The van der Waals surface area contributed by atoms with E-state index in [1.54, 1.807) is 0 Å². The maximum absolute atomic E-state index is 11.7. The average Bonchev–Trinajstić information content (AvgIpc) is 2.93. The highest BCUT2D eigenvalue weighted by atomic mass is 16.5. The van der Waals surface area contributed by atoms with Crippen molar-refractivity contribution in [1.29, 1.82) is 0 Å². The summed E-state index contributed by atoms with van der Waals surface area (Å²) in [4.78, 5) is 18.2. The molecule has 1 N–H and O–H groups in total. The number of carbonyl (C=O) groups is 1. The fourth-order valence-electron chi connectivity index (χ4n) is 2.58. The standard InChI is InChI=1S/C15H23N3O2/c1-3-7-16-14-10-12(6-8-17-14)11-18-9-4-5-13(18)15(19)20-2/h6,8,10,13H,3-5,7,9,11H2,1-2H3,(H,16,17). The number of likely N-dealkylation sites (tertiary alicyclic amines) is 1. The Morgan fingerprint density at radius 1 is 1.60 bits per heavy atom. The SMILES string of the molecule is CCCNc1cc(CN2CCCC2C(=O)OC)ccn1. The predicted molar refractivity (Wildman–Crippen MR) is 78.5 cm³/mol. The summed E-state index contributed by atoms with van der Waals surface area (Å²) in [5, 5.41) is 3.28. The van der Waals surface area contributed by atoms with E-state index in [0.717, 1.165) is 44.7 Å². The van der Waals surface area contributed by atoms with Crippen molar-refractivity contribution in [3.8, 4) is 0 Å². The number of esters is 1. The lowest BCUT2D eigenvalue weighted by Crippen LogP contribution is -2.36. The second kappa shape index (κ2) is 7.24. The molecule has 1 saturated heterocycles. The Morgan fingerprint density at radius 2 is 2.45 bits per heavy atom. The van der Waals surface area contributed by atoms with E-state index in [9.17, 15) is 4.79 Å². The van der Waals surface area contributed by atoms with E-state index in [-0.39, 0.29) is 12.0 Å². The summed E-state index contributed by atoms with van der Waals surface area (Å²) in [6.07, 6.45) is 4.82. The molecule has 0 saturated carbocycles. The van der Waals surface area contributed by atoms with E-state index in [0.29, 0.717) is 0 Å². The van der Waals surface area contributed by atoms with Crippen LogP contribution in [0.15, 0.2) is 18.3 Å². The third-order valence-electron chi connectivity index (χ3n) is 3.60. The van der Waals surface area contributed by atoms with Crippen LogP contribution in [0.4, 0.5) is 5.82 Å². The van der Waals surface area contributed by atoms with Crippen molar-refractivity contribution in [1.82, 2.24) is 9.88 Å². The molecule has 0 bridgehead atoms. The van der Waals surface area contributed by atoms with Crippen molar-refractivity contribution in [3.05, 3.63) is 23.9 Å². The van der Waals surface area contributed by atoms with Crippen LogP contribution < -0.4 is 5.32 Å². The second-order valence-electron chi connectivity index (χ2n) is 5.13. The van der Waals surface area contributed by atoms with Gasteiger partial charge in [0.05, 0.1) is 7.11 Å². The molecule has 1 aromatic heterocycles. The van der Waals surface area contributed by atoms with Crippen LogP contribution in [0.1, 0.15) is 31.7 Å². The van der Waals surface area contributed by atoms with Crippen molar-refractivity contribution in [2.75, 3.05) is 25.5 Å². The van der Waals surface area contributed by atoms with Crippen LogP contribution in [0.2, 0.25) is 0 Å². The Morgan fingerprint density at radius 3 is 3.20 bits per heavy atom. The summed E-state index contributed by atoms with van der Waals surface area (Å²) in [5.41, 5.74) is 1.18. The van der Waals surface area contributed by atoms with Crippen LogP contribution in [0.5, 0.6) is 0 Å². The molecule has 1 atom stereocenters. The summed E-state index contributed by atoms with van der Waals surface area (Å²) < 4.78 is 4.87. The number of nitrogens with zero attached hydrogens (tertiary/aromatic N) is 2. The lowest BCUT2D eigenvalue weighted by Gasteiger charge is -2.22. The topological polar surface area (TPSA) is 54.5 Å². The van der Waals surface area contributed by atoms with Gasteiger partial charge in [0.15, 0.2) is 0 Å². The van der Waals surface area contributed by atoms with Gasteiger partial charge >= 0.3 is 5.97 Å². The number of aromatic nitrogens is 1. The highest BCUT2D eigenvalue weighted by Gasteiger charge is 2.31. The molecule has 1 unspecified atom stereocenters. The number of methoxy groups -OCH3 is 1. The van der Waals surface area contributed by atoms with Crippen LogP contribution in [0.3, 0.4) is 0 Å². The fourth-order valence-corrected chi connectivity index (χ4v) is 2.58. The minimum absolute atomic E-state index is 0.0970. The molecule has 5 nitrogen and oxygen atoms in total. The summed E-state index contributed by atoms with van der Waals surface area (Å²) in [6.45, 7) is 4.76. The molecule has 0 radical (unpaired) electrons. The van der Waals surface area contributed by atoms with Gasteiger partial charge in [-0.3, -0.25) is 9.69 Å². The van der Waals surface area contributed by atoms with Crippen molar-refractivity contribution < 1.29 is 9.53 Å². The molecule has 0 aliphatic carbocycles. The molecule has 1 aliphatic heterocycles. The second-order valence-corrected chi connectivity index (χ2v) is 5.13. The molecule has 0 aromatic carbocycles. The zero-order valence-electron chi connectivity index (χ0n) is 12.3. The number of anilines is 1. The number of nitrogens with one attached hydrogen (secondary N) is 1. The number of carbonyl (C=O) groups excluding carboxylic acids is 1. The van der Waals surface area contributed by atoms with Crippen LogP contribution in [-0.2, 0) is 16.1 Å². The molecular weight excluding hydrogens is 254 g/mol. The number of ether oxygens (including phenoxy) is 1. The smallest absolute Gasteiger partial charge is 0.323 e. The molecule has 110 valence electrons. The number of hydrogen-bond acceptors (Lipinski definition) is 5. The summed E-state index contributed by atoms with van der Waals surface area (Å²) in [5.74, 6) is 0.777. The lowest BCUT2D eigenvalue weighted by molar-refractivity contribution is -0.146. The highest BCUT2D eigenvalue weighted by molar-refractivity contribution is 5.75. The van der Waals surface area contributed by atoms with E-state index >= 15 is 0 Å². The summed E-state index contributed by atoms with van der Waals surface area (Å²) in [6, 6.07) is 3.96. The highest BCUT2D eigenvalue weighted by Crippen LogP contribution is 2.21. The van der Waals surface area contributed by atoms with Crippen LogP contribution in [0, 0.1) is 0 Å². The van der Waals surface area contributed by atoms with Gasteiger partial charge in [0.2, 0.25) is 0 Å². The minimum Gasteiger partial charge on any atom is -0.468 e. The Hall–Kier alpha value is -1.62. The van der Waals surface area contributed by atoms with Crippen molar-refractivity contribution >= 4 is 11.8 Å². The summed E-state index contributed by atoms with van der Waals surface area (Å²) >= 11 is 0. The molecule has 1 fully saturated rings. The normalized spacial score (nSPS) is 19.0. The largest absolute Gasteiger partial charge is 0.468 e. The van der Waals surface area contributed by atoms with Gasteiger partial charge in [0.25, 0.3) is 0 Å². The first kappa shape index (κ1) is 14.8. The van der Waals surface area contributed by atoms with E-state index in [1.807, 2.05) is 12.3 Å². The maximum atomic E-state index is 11.7. The third-order valence-corrected chi connectivity index (χ3v) is 3.60. The van der Waals surface area contributed by atoms with Crippen molar-refractivity contribution in [3.63, 3.8) is 0 Å². The predicted octanol–water partition coefficient (Wildman–Crippen LogP) is 2.04. The zero-order valence-corrected chi connectivity index (χ0v) is 12.3. The first-order valence-corrected chi connectivity index (χ1v) is 7.25. The van der Waals surface area contributed by atoms with Crippen LogP contribution >= 0.6 is 0 Å². The Labute approximate surface area is 120 Å². The Bertz CT molecular complexity index is 450. The first-order chi connectivity index (χ1) is 9.74. The van der Waals surface area contributed by atoms with Gasteiger partial charge in [0.1, 0.15) is 11.9 Å². The molecule has 2 rings (SSSR count). The molecule has 5 heteroatoms. The van der Waals surface area contributed by atoms with E-state index in [1.165, 1.54) is 12.7 Å². The zero-order chi connectivity index (χ0) is 14.4. The van der Waals surface area contributed by atoms with Crippen LogP contribution in [0.25, 0.3) is 0 Å². The van der Waals surface area contributed by atoms with Crippen molar-refractivity contribution in [2.45, 2.75) is 38.8 Å². The van der Waals surface area contributed by atoms with E-state index in [2.05, 4.69) is 28.2 Å². The quantitative estimate of drug-likeness (QED) is 0.806. The number of hydrogen-bond donors (Lipinski definition) is 1. The molecule has 0 amide bonds. The summed E-state index contributed by atoms with van der Waals surface area (Å²) in [7, 11) is 1.46. The van der Waals surface area contributed by atoms with Gasteiger partial charge in [-0.1, -0.05) is 6.92 Å². The Kier molecular flexibility index (Phi) is 5.35. The molecule has 1 aliphatic rings. The van der Waals surface area contributed by atoms with Crippen molar-refractivity contribution in [2.24, 2.45) is 0 Å². The average molecular weight is 277 g/mol. The van der Waals surface area contributed by atoms with Gasteiger partial charge in [0, 0.05) is 19.3 Å². The Balaban J connectivity index is 2.00. The van der Waals surface area contributed by atoms with Gasteiger partial charge < -0.3 is 10.1 Å². The maximum Gasteiger partial charge on any atom is 0.323 e. The van der Waals surface area contributed by atoms with Gasteiger partial charge in [-0.15, -0.1) is 0 Å². The van der Waals surface area contributed by atoms with Gasteiger partial charge in [-0.2, -0.15) is 0 Å². The fraction of sp³-hybridized carbons (Fsp3) is 0.600. The van der Waals surface area contributed by atoms with Crippen LogP contribution in [-0.4, -0.2) is 42.1 Å². The number of rotatable bonds is 6. The molecule has 20 heavy (non-hydrogen) atoms. The van der Waals surface area contributed by atoms with E-state index < -0.39 is 0 Å².